The van der Waals surface area contributed by atoms with Crippen molar-refractivity contribution in [3.63, 3.8) is 0 Å². The highest BCUT2D eigenvalue weighted by molar-refractivity contribution is 6.61. The number of aromatic nitrogens is 2. The highest BCUT2D eigenvalue weighted by atomic mass is 16.4. The van der Waals surface area contributed by atoms with E-state index >= 15 is 0 Å². The molecule has 76 valence electrons. The Bertz CT molecular complexity index is 505. The van der Waals surface area contributed by atoms with Gasteiger partial charge < -0.3 is 15.0 Å². The third-order valence-corrected chi connectivity index (χ3v) is 2.88. The van der Waals surface area contributed by atoms with E-state index in [0.29, 0.717) is 11.4 Å². The molecule has 1 fully saturated rings. The van der Waals surface area contributed by atoms with Crippen molar-refractivity contribution in [2.45, 2.75) is 18.8 Å². The molecule has 3 N–H and O–H groups in total. The quantitative estimate of drug-likeness (QED) is 0.605. The van der Waals surface area contributed by atoms with Gasteiger partial charge in [-0.15, -0.1) is 0 Å². The summed E-state index contributed by atoms with van der Waals surface area (Å²) in [5.74, 6) is 0.614. The number of H-pyrrole nitrogens is 1. The SMILES string of the molecule is OB(O)c1ccnc2[nH]c(C3CC3)cc12. The Morgan fingerprint density at radius 3 is 2.87 bits per heavy atom. The van der Waals surface area contributed by atoms with Gasteiger partial charge in [-0.05, 0) is 36.4 Å². The molecule has 1 saturated carbocycles. The number of nitrogens with one attached hydrogen (secondary N) is 1. The standard InChI is InChI=1S/C10H11BN2O2/c14-11(15)8-3-4-12-10-7(8)5-9(13-10)6-1-2-6/h3-6,14-15H,1-2H2,(H,12,13). The third kappa shape index (κ3) is 1.44. The number of hydrogen-bond donors (Lipinski definition) is 3. The number of aromatic amines is 1. The summed E-state index contributed by atoms with van der Waals surface area (Å²) in [7, 11) is -1.43. The van der Waals surface area contributed by atoms with Crippen LogP contribution < -0.4 is 5.46 Å². The lowest BCUT2D eigenvalue weighted by molar-refractivity contribution is 0.426. The maximum atomic E-state index is 9.20. The van der Waals surface area contributed by atoms with Crippen LogP contribution in [0.5, 0.6) is 0 Å². The maximum Gasteiger partial charge on any atom is 0.489 e. The Morgan fingerprint density at radius 1 is 1.40 bits per heavy atom. The molecular weight excluding hydrogens is 191 g/mol. The molecule has 0 unspecified atom stereocenters. The molecule has 1 aliphatic carbocycles. The van der Waals surface area contributed by atoms with Crippen LogP contribution in [0.1, 0.15) is 24.5 Å². The van der Waals surface area contributed by atoms with Crippen molar-refractivity contribution >= 4 is 23.6 Å². The number of pyridine rings is 1. The lowest BCUT2D eigenvalue weighted by Crippen LogP contribution is -2.30. The van der Waals surface area contributed by atoms with E-state index in [2.05, 4.69) is 9.97 Å². The van der Waals surface area contributed by atoms with E-state index in [4.69, 9.17) is 0 Å². The van der Waals surface area contributed by atoms with Crippen LogP contribution in [0.25, 0.3) is 11.0 Å². The zero-order chi connectivity index (χ0) is 10.4. The number of nitrogens with zero attached hydrogens (tertiary/aromatic N) is 1. The van der Waals surface area contributed by atoms with Crippen molar-refractivity contribution in [1.82, 2.24) is 9.97 Å². The fourth-order valence-corrected chi connectivity index (χ4v) is 1.91. The summed E-state index contributed by atoms with van der Waals surface area (Å²) >= 11 is 0. The van der Waals surface area contributed by atoms with Gasteiger partial charge in [-0.1, -0.05) is 0 Å². The molecule has 4 nitrogen and oxygen atoms in total. The van der Waals surface area contributed by atoms with Crippen LogP contribution in [-0.4, -0.2) is 27.1 Å². The number of rotatable bonds is 2. The summed E-state index contributed by atoms with van der Waals surface area (Å²) in [6.45, 7) is 0. The zero-order valence-corrected chi connectivity index (χ0v) is 8.14. The zero-order valence-electron chi connectivity index (χ0n) is 8.14. The topological polar surface area (TPSA) is 69.1 Å². The molecule has 0 aliphatic heterocycles. The lowest BCUT2D eigenvalue weighted by atomic mass is 9.79. The largest absolute Gasteiger partial charge is 0.489 e. The van der Waals surface area contributed by atoms with Gasteiger partial charge in [-0.25, -0.2) is 4.98 Å². The van der Waals surface area contributed by atoms with Crippen molar-refractivity contribution in [3.8, 4) is 0 Å². The first kappa shape index (κ1) is 8.94. The van der Waals surface area contributed by atoms with Gasteiger partial charge in [0.15, 0.2) is 0 Å². The molecule has 2 aromatic heterocycles. The van der Waals surface area contributed by atoms with Crippen molar-refractivity contribution in [1.29, 1.82) is 0 Å². The van der Waals surface area contributed by atoms with Crippen molar-refractivity contribution in [2.24, 2.45) is 0 Å². The maximum absolute atomic E-state index is 9.20. The van der Waals surface area contributed by atoms with Crippen molar-refractivity contribution in [3.05, 3.63) is 24.0 Å². The second kappa shape index (κ2) is 3.08. The molecule has 15 heavy (non-hydrogen) atoms. The molecule has 0 bridgehead atoms. The summed E-state index contributed by atoms with van der Waals surface area (Å²) in [5, 5.41) is 19.2. The Balaban J connectivity index is 2.19. The van der Waals surface area contributed by atoms with Crippen LogP contribution in [0.15, 0.2) is 18.3 Å². The van der Waals surface area contributed by atoms with Crippen LogP contribution >= 0.6 is 0 Å². The highest BCUT2D eigenvalue weighted by Crippen LogP contribution is 2.40. The molecule has 2 heterocycles. The first-order chi connectivity index (χ1) is 7.25. The first-order valence-corrected chi connectivity index (χ1v) is 5.09. The van der Waals surface area contributed by atoms with E-state index in [1.54, 1.807) is 12.3 Å². The summed E-state index contributed by atoms with van der Waals surface area (Å²) in [4.78, 5) is 7.40. The second-order valence-electron chi connectivity index (χ2n) is 4.04. The monoisotopic (exact) mass is 202 g/mol. The minimum atomic E-state index is -1.43. The van der Waals surface area contributed by atoms with Crippen molar-refractivity contribution in [2.75, 3.05) is 0 Å². The summed E-state index contributed by atoms with van der Waals surface area (Å²) in [6.07, 6.45) is 4.01. The fourth-order valence-electron chi connectivity index (χ4n) is 1.91. The predicted octanol–water partition coefficient (Wildman–Crippen LogP) is 0.120. The van der Waals surface area contributed by atoms with Crippen LogP contribution in [0.4, 0.5) is 0 Å². The molecule has 0 atom stereocenters. The minimum Gasteiger partial charge on any atom is -0.423 e. The van der Waals surface area contributed by atoms with Crippen LogP contribution in [0.3, 0.4) is 0 Å². The fraction of sp³-hybridized carbons (Fsp3) is 0.300. The van der Waals surface area contributed by atoms with E-state index in [1.807, 2.05) is 6.07 Å². The molecule has 0 saturated heterocycles. The summed E-state index contributed by atoms with van der Waals surface area (Å²) in [5.41, 5.74) is 2.41. The van der Waals surface area contributed by atoms with Crippen LogP contribution in [-0.2, 0) is 0 Å². The molecule has 0 aromatic carbocycles. The van der Waals surface area contributed by atoms with E-state index < -0.39 is 7.12 Å². The molecule has 1 aliphatic rings. The van der Waals surface area contributed by atoms with Crippen LogP contribution in [0.2, 0.25) is 0 Å². The number of hydrogen-bond acceptors (Lipinski definition) is 3. The van der Waals surface area contributed by atoms with Gasteiger partial charge >= 0.3 is 7.12 Å². The Hall–Kier alpha value is -1.33. The molecular formula is C10H11BN2O2. The average molecular weight is 202 g/mol. The van der Waals surface area contributed by atoms with Gasteiger partial charge in [0, 0.05) is 17.3 Å². The van der Waals surface area contributed by atoms with Gasteiger partial charge in [0.05, 0.1) is 0 Å². The van der Waals surface area contributed by atoms with Gasteiger partial charge in [0.2, 0.25) is 0 Å². The van der Waals surface area contributed by atoms with E-state index in [9.17, 15) is 10.0 Å². The highest BCUT2D eigenvalue weighted by Gasteiger charge is 2.26. The van der Waals surface area contributed by atoms with Gasteiger partial charge in [-0.3, -0.25) is 0 Å². The van der Waals surface area contributed by atoms with Gasteiger partial charge in [-0.2, -0.15) is 0 Å². The van der Waals surface area contributed by atoms with Gasteiger partial charge in [0.1, 0.15) is 5.65 Å². The normalized spacial score (nSPS) is 15.9. The molecule has 0 amide bonds. The molecule has 2 aromatic rings. The number of fused-ring (bicyclic) bond motifs is 1. The Labute approximate surface area is 87.1 Å². The van der Waals surface area contributed by atoms with E-state index in [-0.39, 0.29) is 0 Å². The average Bonchev–Trinajstić information content (AvgIpc) is 2.96. The summed E-state index contributed by atoms with van der Waals surface area (Å²) in [6, 6.07) is 3.62. The smallest absolute Gasteiger partial charge is 0.423 e. The predicted molar refractivity (Wildman–Crippen MR) is 57.9 cm³/mol. The lowest BCUT2D eigenvalue weighted by Gasteiger charge is -1.98. The third-order valence-electron chi connectivity index (χ3n) is 2.88. The van der Waals surface area contributed by atoms with Crippen LogP contribution in [0, 0.1) is 0 Å². The first-order valence-electron chi connectivity index (χ1n) is 5.09. The molecule has 0 spiro atoms. The molecule has 5 heteroatoms. The molecule has 0 radical (unpaired) electrons. The van der Waals surface area contributed by atoms with E-state index in [0.717, 1.165) is 16.7 Å². The Morgan fingerprint density at radius 2 is 2.20 bits per heavy atom. The second-order valence-corrected chi connectivity index (χ2v) is 4.04. The minimum absolute atomic E-state index is 0.517. The summed E-state index contributed by atoms with van der Waals surface area (Å²) < 4.78 is 0. The van der Waals surface area contributed by atoms with E-state index in [1.165, 1.54) is 12.8 Å². The van der Waals surface area contributed by atoms with Gasteiger partial charge in [0.25, 0.3) is 0 Å². The van der Waals surface area contributed by atoms with Crippen molar-refractivity contribution < 1.29 is 10.0 Å². The Kier molecular flexibility index (Phi) is 1.84. The molecule has 3 rings (SSSR count).